The third kappa shape index (κ3) is 2.80. The number of rotatable bonds is 4. The summed E-state index contributed by atoms with van der Waals surface area (Å²) in [6, 6.07) is 5.60. The van der Waals surface area contributed by atoms with Crippen LogP contribution in [0.25, 0.3) is 0 Å². The summed E-state index contributed by atoms with van der Waals surface area (Å²) in [6.07, 6.45) is 4.57. The lowest BCUT2D eigenvalue weighted by Gasteiger charge is -2.04. The zero-order valence-corrected chi connectivity index (χ0v) is 10.3. The van der Waals surface area contributed by atoms with Crippen molar-refractivity contribution in [3.05, 3.63) is 40.0 Å². The number of hydrogen-bond acceptors (Lipinski definition) is 5. The van der Waals surface area contributed by atoms with Crippen LogP contribution in [0.1, 0.15) is 22.4 Å². The second kappa shape index (κ2) is 5.41. The number of thiazole rings is 1. The van der Waals surface area contributed by atoms with E-state index in [2.05, 4.69) is 28.3 Å². The second-order valence-electron chi connectivity index (χ2n) is 3.44. The number of nitrogens with zero attached hydrogens (tertiary/aromatic N) is 3. The van der Waals surface area contributed by atoms with Crippen molar-refractivity contribution in [3.8, 4) is 6.07 Å². The molecule has 0 aliphatic carbocycles. The molecule has 0 saturated heterocycles. The van der Waals surface area contributed by atoms with Crippen molar-refractivity contribution in [3.63, 3.8) is 0 Å². The Kier molecular flexibility index (Phi) is 3.68. The minimum absolute atomic E-state index is 0.555. The van der Waals surface area contributed by atoms with Gasteiger partial charge in [-0.1, -0.05) is 6.92 Å². The Bertz CT molecular complexity index is 541. The first-order chi connectivity index (χ1) is 8.33. The molecule has 2 aromatic rings. The molecule has 0 fully saturated rings. The summed E-state index contributed by atoms with van der Waals surface area (Å²) in [5.41, 5.74) is 0.555. The number of pyridine rings is 1. The quantitative estimate of drug-likeness (QED) is 0.898. The van der Waals surface area contributed by atoms with Crippen molar-refractivity contribution in [2.45, 2.75) is 19.9 Å². The first-order valence-electron chi connectivity index (χ1n) is 5.36. The van der Waals surface area contributed by atoms with E-state index in [1.54, 1.807) is 29.7 Å². The summed E-state index contributed by atoms with van der Waals surface area (Å²) in [5.74, 6) is 0.614. The Morgan fingerprint density at radius 1 is 1.47 bits per heavy atom. The number of hydrogen-bond donors (Lipinski definition) is 1. The van der Waals surface area contributed by atoms with Gasteiger partial charge >= 0.3 is 0 Å². The number of anilines is 1. The fraction of sp³-hybridized carbons (Fsp3) is 0.250. The van der Waals surface area contributed by atoms with E-state index in [0.717, 1.165) is 11.4 Å². The standard InChI is InChI=1S/C12H12N4S/c1-2-10-7-15-11(17-10)8-16-12-9(6-13)4-3-5-14-12/h3-5,7H,2,8H2,1H3,(H,14,16). The van der Waals surface area contributed by atoms with Crippen molar-refractivity contribution in [2.24, 2.45) is 0 Å². The lowest BCUT2D eigenvalue weighted by molar-refractivity contribution is 1.07. The van der Waals surface area contributed by atoms with Crippen molar-refractivity contribution < 1.29 is 0 Å². The molecule has 2 aromatic heterocycles. The summed E-state index contributed by atoms with van der Waals surface area (Å²) in [5, 5.41) is 13.1. The lowest BCUT2D eigenvalue weighted by Crippen LogP contribution is -2.02. The van der Waals surface area contributed by atoms with Gasteiger partial charge in [0.15, 0.2) is 0 Å². The van der Waals surface area contributed by atoms with Crippen LogP contribution in [-0.2, 0) is 13.0 Å². The highest BCUT2D eigenvalue weighted by Crippen LogP contribution is 2.16. The molecule has 86 valence electrons. The number of aromatic nitrogens is 2. The van der Waals surface area contributed by atoms with E-state index in [1.165, 1.54) is 4.88 Å². The second-order valence-corrected chi connectivity index (χ2v) is 4.64. The zero-order valence-electron chi connectivity index (χ0n) is 9.47. The molecule has 5 heteroatoms. The Labute approximate surface area is 104 Å². The average Bonchev–Trinajstić information content (AvgIpc) is 2.84. The molecule has 2 heterocycles. The van der Waals surface area contributed by atoms with E-state index in [-0.39, 0.29) is 0 Å². The third-order valence-electron chi connectivity index (χ3n) is 2.29. The summed E-state index contributed by atoms with van der Waals surface area (Å²) >= 11 is 1.68. The number of nitriles is 1. The Hall–Kier alpha value is -1.93. The smallest absolute Gasteiger partial charge is 0.144 e. The molecule has 0 aliphatic rings. The molecule has 0 amide bonds. The molecular formula is C12H12N4S. The van der Waals surface area contributed by atoms with Crippen molar-refractivity contribution >= 4 is 17.2 Å². The van der Waals surface area contributed by atoms with E-state index >= 15 is 0 Å². The van der Waals surface area contributed by atoms with Crippen LogP contribution < -0.4 is 5.32 Å². The first kappa shape index (κ1) is 11.6. The van der Waals surface area contributed by atoms with E-state index in [0.29, 0.717) is 17.9 Å². The highest BCUT2D eigenvalue weighted by atomic mass is 32.1. The maximum Gasteiger partial charge on any atom is 0.144 e. The largest absolute Gasteiger partial charge is 0.362 e. The molecule has 0 saturated carbocycles. The molecule has 4 nitrogen and oxygen atoms in total. The molecule has 0 atom stereocenters. The van der Waals surface area contributed by atoms with Gasteiger partial charge < -0.3 is 5.32 Å². The van der Waals surface area contributed by atoms with Crippen LogP contribution in [0, 0.1) is 11.3 Å². The first-order valence-corrected chi connectivity index (χ1v) is 6.17. The molecule has 0 aliphatic heterocycles. The lowest BCUT2D eigenvalue weighted by atomic mass is 10.3. The maximum atomic E-state index is 8.91. The van der Waals surface area contributed by atoms with Gasteiger partial charge in [0.1, 0.15) is 16.9 Å². The average molecular weight is 244 g/mol. The van der Waals surface area contributed by atoms with Gasteiger partial charge in [0, 0.05) is 17.3 Å². The molecule has 0 spiro atoms. The fourth-order valence-corrected chi connectivity index (χ4v) is 2.19. The van der Waals surface area contributed by atoms with Crippen molar-refractivity contribution in [1.29, 1.82) is 5.26 Å². The van der Waals surface area contributed by atoms with E-state index in [9.17, 15) is 0 Å². The van der Waals surface area contributed by atoms with Crippen LogP contribution in [-0.4, -0.2) is 9.97 Å². The summed E-state index contributed by atoms with van der Waals surface area (Å²) in [6.45, 7) is 2.72. The molecule has 1 N–H and O–H groups in total. The van der Waals surface area contributed by atoms with Crippen LogP contribution in [0.2, 0.25) is 0 Å². The van der Waals surface area contributed by atoms with E-state index in [1.807, 2.05) is 6.20 Å². The van der Waals surface area contributed by atoms with Gasteiger partial charge in [-0.25, -0.2) is 9.97 Å². The SMILES string of the molecule is CCc1cnc(CNc2ncccc2C#N)s1. The van der Waals surface area contributed by atoms with Crippen LogP contribution in [0.5, 0.6) is 0 Å². The van der Waals surface area contributed by atoms with Crippen molar-refractivity contribution in [2.75, 3.05) is 5.32 Å². The summed E-state index contributed by atoms with van der Waals surface area (Å²) in [7, 11) is 0. The van der Waals surface area contributed by atoms with E-state index < -0.39 is 0 Å². The molecule has 0 unspecified atom stereocenters. The Balaban J connectivity index is 2.05. The highest BCUT2D eigenvalue weighted by molar-refractivity contribution is 7.11. The van der Waals surface area contributed by atoms with Crippen LogP contribution in [0.15, 0.2) is 24.5 Å². The predicted octanol–water partition coefficient (Wildman–Crippen LogP) is 2.58. The minimum atomic E-state index is 0.555. The molecular weight excluding hydrogens is 232 g/mol. The molecule has 0 bridgehead atoms. The third-order valence-corrected chi connectivity index (χ3v) is 3.43. The highest BCUT2D eigenvalue weighted by Gasteiger charge is 2.04. The van der Waals surface area contributed by atoms with Gasteiger partial charge in [0.25, 0.3) is 0 Å². The van der Waals surface area contributed by atoms with Gasteiger partial charge in [-0.3, -0.25) is 0 Å². The molecule has 0 radical (unpaired) electrons. The van der Waals surface area contributed by atoms with Gasteiger partial charge in [0.05, 0.1) is 12.1 Å². The normalized spacial score (nSPS) is 9.88. The van der Waals surface area contributed by atoms with Gasteiger partial charge in [-0.05, 0) is 18.6 Å². The summed E-state index contributed by atoms with van der Waals surface area (Å²) in [4.78, 5) is 9.70. The molecule has 0 aromatic carbocycles. The topological polar surface area (TPSA) is 61.6 Å². The van der Waals surface area contributed by atoms with Gasteiger partial charge in [-0.2, -0.15) is 5.26 Å². The zero-order chi connectivity index (χ0) is 12.1. The van der Waals surface area contributed by atoms with Gasteiger partial charge in [-0.15, -0.1) is 11.3 Å². The van der Waals surface area contributed by atoms with Crippen molar-refractivity contribution in [1.82, 2.24) is 9.97 Å². The maximum absolute atomic E-state index is 8.91. The fourth-order valence-electron chi connectivity index (χ4n) is 1.39. The van der Waals surface area contributed by atoms with Crippen LogP contribution in [0.3, 0.4) is 0 Å². The predicted molar refractivity (Wildman–Crippen MR) is 67.8 cm³/mol. The van der Waals surface area contributed by atoms with Crippen LogP contribution >= 0.6 is 11.3 Å². The van der Waals surface area contributed by atoms with Gasteiger partial charge in [0.2, 0.25) is 0 Å². The van der Waals surface area contributed by atoms with E-state index in [4.69, 9.17) is 5.26 Å². The number of aryl methyl sites for hydroxylation is 1. The Morgan fingerprint density at radius 2 is 2.35 bits per heavy atom. The molecule has 17 heavy (non-hydrogen) atoms. The monoisotopic (exact) mass is 244 g/mol. The Morgan fingerprint density at radius 3 is 3.06 bits per heavy atom. The number of nitrogens with one attached hydrogen (secondary N) is 1. The molecule has 2 rings (SSSR count). The summed E-state index contributed by atoms with van der Waals surface area (Å²) < 4.78 is 0. The van der Waals surface area contributed by atoms with Crippen LogP contribution in [0.4, 0.5) is 5.82 Å². The minimum Gasteiger partial charge on any atom is -0.362 e.